The number of unbranched alkanes of at least 4 members (excludes halogenated alkanes) is 1. The minimum absolute atomic E-state index is 0. The Morgan fingerprint density at radius 2 is 2.04 bits per heavy atom. The number of rotatable bonds is 7. The molecule has 0 aliphatic heterocycles. The summed E-state index contributed by atoms with van der Waals surface area (Å²) in [4.78, 5) is 15.9. The van der Waals surface area contributed by atoms with Gasteiger partial charge in [-0.05, 0) is 43.0 Å². The second-order valence-corrected chi connectivity index (χ2v) is 5.39. The van der Waals surface area contributed by atoms with Gasteiger partial charge in [0.05, 0.1) is 0 Å². The molecule has 0 saturated carbocycles. The normalized spacial score (nSPS) is 11.0. The molecule has 1 heterocycles. The summed E-state index contributed by atoms with van der Waals surface area (Å²) in [6.07, 6.45) is 4.58. The van der Waals surface area contributed by atoms with Crippen LogP contribution < -0.4 is 16.6 Å². The molecule has 0 spiro atoms. The molecule has 0 aliphatic carbocycles. The number of benzene rings is 1. The topological polar surface area (TPSA) is 72.4 Å². The van der Waals surface area contributed by atoms with Gasteiger partial charge in [0.25, 0.3) is 0 Å². The van der Waals surface area contributed by atoms with Gasteiger partial charge in [-0.15, -0.1) is 24.0 Å². The highest BCUT2D eigenvalue weighted by Gasteiger charge is 1.97. The molecule has 5 nitrogen and oxygen atoms in total. The van der Waals surface area contributed by atoms with Crippen LogP contribution in [-0.4, -0.2) is 17.1 Å². The molecule has 0 radical (unpaired) electrons. The molecule has 0 fully saturated rings. The average molecular weight is 440 g/mol. The van der Waals surface area contributed by atoms with Crippen LogP contribution in [0.25, 0.3) is 0 Å². The third kappa shape index (κ3) is 6.74. The molecule has 1 aromatic carbocycles. The maximum atomic E-state index is 11.6. The molecule has 0 atom stereocenters. The first kappa shape index (κ1) is 20.2. The summed E-state index contributed by atoms with van der Waals surface area (Å²) in [6, 6.07) is 13.3. The largest absolute Gasteiger partial charge is 0.370 e. The summed E-state index contributed by atoms with van der Waals surface area (Å²) >= 11 is 0. The number of guanidine groups is 1. The van der Waals surface area contributed by atoms with Crippen molar-refractivity contribution in [1.29, 1.82) is 0 Å². The smallest absolute Gasteiger partial charge is 0.250 e. The van der Waals surface area contributed by atoms with E-state index >= 15 is 0 Å². The minimum atomic E-state index is 0. The van der Waals surface area contributed by atoms with Gasteiger partial charge in [0.2, 0.25) is 5.56 Å². The second kappa shape index (κ2) is 10.9. The van der Waals surface area contributed by atoms with Crippen LogP contribution in [0.15, 0.2) is 58.4 Å². The van der Waals surface area contributed by atoms with Crippen molar-refractivity contribution in [2.45, 2.75) is 32.7 Å². The highest BCUT2D eigenvalue weighted by molar-refractivity contribution is 14.0. The third-order valence-electron chi connectivity index (χ3n) is 3.60. The molecule has 0 amide bonds. The van der Waals surface area contributed by atoms with Crippen molar-refractivity contribution >= 4 is 35.6 Å². The van der Waals surface area contributed by atoms with E-state index in [1.165, 1.54) is 5.56 Å². The van der Waals surface area contributed by atoms with E-state index in [1.54, 1.807) is 16.7 Å². The average Bonchev–Trinajstić information content (AvgIpc) is 2.56. The van der Waals surface area contributed by atoms with E-state index in [2.05, 4.69) is 29.4 Å². The van der Waals surface area contributed by atoms with Crippen molar-refractivity contribution in [2.24, 2.45) is 10.7 Å². The molecule has 6 heteroatoms. The van der Waals surface area contributed by atoms with Crippen LogP contribution >= 0.6 is 24.0 Å². The zero-order valence-corrected chi connectivity index (χ0v) is 16.3. The van der Waals surface area contributed by atoms with E-state index in [-0.39, 0.29) is 29.5 Å². The lowest BCUT2D eigenvalue weighted by atomic mass is 10.1. The van der Waals surface area contributed by atoms with E-state index in [1.807, 2.05) is 24.4 Å². The zero-order valence-electron chi connectivity index (χ0n) is 13.9. The van der Waals surface area contributed by atoms with E-state index in [9.17, 15) is 4.79 Å². The fourth-order valence-corrected chi connectivity index (χ4v) is 2.30. The van der Waals surface area contributed by atoms with Crippen molar-refractivity contribution < 1.29 is 0 Å². The summed E-state index contributed by atoms with van der Waals surface area (Å²) in [5, 5.41) is 3.11. The third-order valence-corrected chi connectivity index (χ3v) is 3.60. The van der Waals surface area contributed by atoms with Gasteiger partial charge in [-0.25, -0.2) is 0 Å². The van der Waals surface area contributed by atoms with Crippen molar-refractivity contribution in [3.05, 3.63) is 64.6 Å². The first-order valence-electron chi connectivity index (χ1n) is 8.00. The van der Waals surface area contributed by atoms with Gasteiger partial charge < -0.3 is 15.6 Å². The van der Waals surface area contributed by atoms with Crippen LogP contribution in [0.3, 0.4) is 0 Å². The van der Waals surface area contributed by atoms with Gasteiger partial charge in [0.15, 0.2) is 5.96 Å². The SMILES string of the molecule is CCc1cccc(NC(N)=NCCCCn2ccccc2=O)c1.I. The molecule has 1 aromatic heterocycles. The first-order chi connectivity index (χ1) is 11.2. The van der Waals surface area contributed by atoms with Crippen LogP contribution in [0, 0.1) is 0 Å². The number of aliphatic imine (C=N–C) groups is 1. The van der Waals surface area contributed by atoms with Crippen LogP contribution in [0.4, 0.5) is 5.69 Å². The Bertz CT molecular complexity index is 712. The van der Waals surface area contributed by atoms with Crippen LogP contribution in [0.2, 0.25) is 0 Å². The highest BCUT2D eigenvalue weighted by Crippen LogP contribution is 2.10. The summed E-state index contributed by atoms with van der Waals surface area (Å²) in [6.45, 7) is 3.48. The van der Waals surface area contributed by atoms with E-state index in [4.69, 9.17) is 5.73 Å². The molecule has 130 valence electrons. The standard InChI is InChI=1S/C18H24N4O.HI/c1-2-15-8-7-9-16(14-15)21-18(19)20-11-4-6-13-22-12-5-3-10-17(22)23;/h3,5,7-10,12,14H,2,4,6,11,13H2,1H3,(H3,19,20,21);1H. The Kier molecular flexibility index (Phi) is 9.14. The Morgan fingerprint density at radius 3 is 2.79 bits per heavy atom. The lowest BCUT2D eigenvalue weighted by Crippen LogP contribution is -2.23. The molecule has 3 N–H and O–H groups in total. The summed E-state index contributed by atoms with van der Waals surface area (Å²) in [5.41, 5.74) is 8.15. The van der Waals surface area contributed by atoms with Crippen molar-refractivity contribution in [3.63, 3.8) is 0 Å². The predicted molar refractivity (Wildman–Crippen MR) is 111 cm³/mol. The maximum Gasteiger partial charge on any atom is 0.250 e. The van der Waals surface area contributed by atoms with Crippen LogP contribution in [-0.2, 0) is 13.0 Å². The lowest BCUT2D eigenvalue weighted by molar-refractivity contribution is 0.599. The summed E-state index contributed by atoms with van der Waals surface area (Å²) < 4.78 is 1.71. The number of pyridine rings is 1. The highest BCUT2D eigenvalue weighted by atomic mass is 127. The second-order valence-electron chi connectivity index (χ2n) is 5.39. The first-order valence-corrected chi connectivity index (χ1v) is 8.00. The molecule has 0 saturated heterocycles. The molecule has 2 aromatic rings. The van der Waals surface area contributed by atoms with E-state index < -0.39 is 0 Å². The fourth-order valence-electron chi connectivity index (χ4n) is 2.30. The Morgan fingerprint density at radius 1 is 1.21 bits per heavy atom. The van der Waals surface area contributed by atoms with E-state index in [0.29, 0.717) is 19.0 Å². The summed E-state index contributed by atoms with van der Waals surface area (Å²) in [5.74, 6) is 0.426. The number of nitrogens with zero attached hydrogens (tertiary/aromatic N) is 2. The number of nitrogens with one attached hydrogen (secondary N) is 1. The quantitative estimate of drug-likeness (QED) is 0.301. The number of halogens is 1. The number of hydrogen-bond acceptors (Lipinski definition) is 2. The van der Waals surface area contributed by atoms with Gasteiger partial charge in [-0.2, -0.15) is 0 Å². The number of anilines is 1. The zero-order chi connectivity index (χ0) is 16.5. The maximum absolute atomic E-state index is 11.6. The monoisotopic (exact) mass is 440 g/mol. The molecular formula is C18H25IN4O. The van der Waals surface area contributed by atoms with Gasteiger partial charge in [-0.3, -0.25) is 9.79 Å². The van der Waals surface area contributed by atoms with E-state index in [0.717, 1.165) is 24.9 Å². The van der Waals surface area contributed by atoms with Crippen molar-refractivity contribution in [3.8, 4) is 0 Å². The van der Waals surface area contributed by atoms with Gasteiger partial charge in [0, 0.05) is 31.0 Å². The molecule has 0 aliphatic rings. The fraction of sp³-hybridized carbons (Fsp3) is 0.333. The van der Waals surface area contributed by atoms with Crippen molar-refractivity contribution in [2.75, 3.05) is 11.9 Å². The van der Waals surface area contributed by atoms with Gasteiger partial charge >= 0.3 is 0 Å². The Balaban J connectivity index is 0.00000288. The Hall–Kier alpha value is -1.83. The molecular weight excluding hydrogens is 415 g/mol. The molecule has 0 bridgehead atoms. The number of aromatic nitrogens is 1. The number of nitrogens with two attached hydrogens (primary N) is 1. The molecule has 0 unspecified atom stereocenters. The molecule has 2 rings (SSSR count). The summed E-state index contributed by atoms with van der Waals surface area (Å²) in [7, 11) is 0. The van der Waals surface area contributed by atoms with Crippen molar-refractivity contribution in [1.82, 2.24) is 4.57 Å². The lowest BCUT2D eigenvalue weighted by Gasteiger charge is -2.07. The minimum Gasteiger partial charge on any atom is -0.370 e. The Labute approximate surface area is 160 Å². The van der Waals surface area contributed by atoms with Gasteiger partial charge in [0.1, 0.15) is 0 Å². The van der Waals surface area contributed by atoms with Crippen LogP contribution in [0.5, 0.6) is 0 Å². The number of aryl methyl sites for hydroxylation is 2. The number of hydrogen-bond donors (Lipinski definition) is 2. The predicted octanol–water partition coefficient (Wildman–Crippen LogP) is 3.24. The molecule has 24 heavy (non-hydrogen) atoms. The van der Waals surface area contributed by atoms with Crippen LogP contribution in [0.1, 0.15) is 25.3 Å². The van der Waals surface area contributed by atoms with Gasteiger partial charge in [-0.1, -0.05) is 25.1 Å².